The maximum atomic E-state index is 12.2. The molecule has 0 aromatic carbocycles. The lowest BCUT2D eigenvalue weighted by atomic mass is 10.1. The monoisotopic (exact) mass is 529 g/mol. The van der Waals surface area contributed by atoms with Crippen LogP contribution >= 0.6 is 0 Å². The summed E-state index contributed by atoms with van der Waals surface area (Å²) in [6, 6.07) is -0.653. The molecule has 0 aliphatic heterocycles. The van der Waals surface area contributed by atoms with Crippen LogP contribution in [0.15, 0.2) is 60.8 Å². The van der Waals surface area contributed by atoms with Crippen molar-refractivity contribution < 1.29 is 15.0 Å². The Morgan fingerprint density at radius 3 is 1.84 bits per heavy atom. The molecule has 0 aromatic heterocycles. The first-order valence-electron chi connectivity index (χ1n) is 15.5. The molecular formula is C34H59NO3. The zero-order chi connectivity index (χ0) is 27.9. The van der Waals surface area contributed by atoms with Crippen LogP contribution in [0.4, 0.5) is 0 Å². The minimum absolute atomic E-state index is 0.109. The van der Waals surface area contributed by atoms with Crippen LogP contribution in [0.1, 0.15) is 129 Å². The lowest BCUT2D eigenvalue weighted by Gasteiger charge is -2.19. The summed E-state index contributed by atoms with van der Waals surface area (Å²) in [7, 11) is 0. The molecule has 0 aliphatic carbocycles. The zero-order valence-corrected chi connectivity index (χ0v) is 24.7. The highest BCUT2D eigenvalue weighted by Gasteiger charge is 2.17. The number of nitrogens with one attached hydrogen (secondary N) is 1. The zero-order valence-electron chi connectivity index (χ0n) is 24.7. The van der Waals surface area contributed by atoms with Crippen molar-refractivity contribution in [1.29, 1.82) is 0 Å². The standard InChI is InChI=1S/C34H59NO3/c1-3-5-7-9-11-13-15-17-19-21-23-25-27-29-33(37)32(31-36)35-34(38)30-28-26-24-22-20-18-16-14-12-10-8-6-4-2/h6,8,12,14,18-21,27,29,32-33,36-37H,3-5,7,9-11,13,15-17,22-26,28,30-31H2,1-2H3,(H,35,38)/b8-6-,14-12-,20-18-,21-19+,29-27+. The molecule has 0 fully saturated rings. The van der Waals surface area contributed by atoms with Crippen LogP contribution in [-0.4, -0.2) is 34.9 Å². The molecule has 38 heavy (non-hydrogen) atoms. The highest BCUT2D eigenvalue weighted by atomic mass is 16.3. The van der Waals surface area contributed by atoms with Crippen LogP contribution in [0, 0.1) is 0 Å². The van der Waals surface area contributed by atoms with Gasteiger partial charge in [0.15, 0.2) is 0 Å². The Balaban J connectivity index is 3.83. The summed E-state index contributed by atoms with van der Waals surface area (Å²) in [6.45, 7) is 4.12. The highest BCUT2D eigenvalue weighted by Crippen LogP contribution is 2.09. The second kappa shape index (κ2) is 29.6. The van der Waals surface area contributed by atoms with Gasteiger partial charge in [-0.3, -0.25) is 4.79 Å². The van der Waals surface area contributed by atoms with Crippen LogP contribution in [-0.2, 0) is 4.79 Å². The number of amides is 1. The van der Waals surface area contributed by atoms with Crippen molar-refractivity contribution in [3.05, 3.63) is 60.8 Å². The van der Waals surface area contributed by atoms with Crippen molar-refractivity contribution in [3.63, 3.8) is 0 Å². The maximum Gasteiger partial charge on any atom is 0.220 e. The third-order valence-electron chi connectivity index (χ3n) is 6.48. The summed E-state index contributed by atoms with van der Waals surface area (Å²) in [4.78, 5) is 12.2. The normalized spacial score (nSPS) is 14.1. The van der Waals surface area contributed by atoms with E-state index in [1.165, 1.54) is 44.9 Å². The van der Waals surface area contributed by atoms with Gasteiger partial charge in [-0.05, 0) is 64.2 Å². The van der Waals surface area contributed by atoms with Crippen LogP contribution in [0.2, 0.25) is 0 Å². The Labute approximate surface area is 235 Å². The Hall–Kier alpha value is -1.91. The summed E-state index contributed by atoms with van der Waals surface area (Å²) in [5.74, 6) is -0.109. The molecule has 0 heterocycles. The molecule has 0 bridgehead atoms. The van der Waals surface area contributed by atoms with Crippen LogP contribution in [0.5, 0.6) is 0 Å². The fourth-order valence-corrected chi connectivity index (χ4v) is 4.09. The van der Waals surface area contributed by atoms with Gasteiger partial charge in [0, 0.05) is 6.42 Å². The first kappa shape index (κ1) is 36.1. The van der Waals surface area contributed by atoms with Crippen molar-refractivity contribution in [3.8, 4) is 0 Å². The Morgan fingerprint density at radius 2 is 1.18 bits per heavy atom. The Morgan fingerprint density at radius 1 is 0.658 bits per heavy atom. The van der Waals surface area contributed by atoms with E-state index in [1.54, 1.807) is 6.08 Å². The Bertz CT molecular complexity index is 663. The first-order valence-corrected chi connectivity index (χ1v) is 15.5. The van der Waals surface area contributed by atoms with Gasteiger partial charge < -0.3 is 15.5 Å². The van der Waals surface area contributed by atoms with Gasteiger partial charge in [0.1, 0.15) is 0 Å². The molecular weight excluding hydrogens is 470 g/mol. The van der Waals surface area contributed by atoms with Gasteiger partial charge in [-0.2, -0.15) is 0 Å². The minimum Gasteiger partial charge on any atom is -0.394 e. The predicted molar refractivity (Wildman–Crippen MR) is 165 cm³/mol. The van der Waals surface area contributed by atoms with Gasteiger partial charge in [-0.25, -0.2) is 0 Å². The van der Waals surface area contributed by atoms with Gasteiger partial charge in [0.05, 0.1) is 18.8 Å². The van der Waals surface area contributed by atoms with E-state index in [2.05, 4.69) is 67.8 Å². The van der Waals surface area contributed by atoms with E-state index in [4.69, 9.17) is 0 Å². The number of rotatable bonds is 26. The molecule has 1 amide bonds. The average Bonchev–Trinajstić information content (AvgIpc) is 2.92. The van der Waals surface area contributed by atoms with E-state index in [9.17, 15) is 15.0 Å². The van der Waals surface area contributed by atoms with E-state index in [1.807, 2.05) is 6.08 Å². The molecule has 0 spiro atoms. The van der Waals surface area contributed by atoms with E-state index in [0.29, 0.717) is 6.42 Å². The first-order chi connectivity index (χ1) is 18.7. The van der Waals surface area contributed by atoms with E-state index in [0.717, 1.165) is 64.2 Å². The average molecular weight is 530 g/mol. The molecule has 218 valence electrons. The number of hydrogen-bond acceptors (Lipinski definition) is 3. The van der Waals surface area contributed by atoms with E-state index >= 15 is 0 Å². The molecule has 0 rings (SSSR count). The van der Waals surface area contributed by atoms with E-state index < -0.39 is 12.1 Å². The number of aliphatic hydroxyl groups excluding tert-OH is 2. The molecule has 4 heteroatoms. The summed E-state index contributed by atoms with van der Waals surface area (Å²) in [5, 5.41) is 22.7. The Kier molecular flexibility index (Phi) is 28.2. The minimum atomic E-state index is -0.873. The van der Waals surface area contributed by atoms with Gasteiger partial charge in [-0.15, -0.1) is 0 Å². The summed E-state index contributed by atoms with van der Waals surface area (Å²) in [6.07, 6.45) is 40.1. The topological polar surface area (TPSA) is 69.6 Å². The molecule has 0 saturated carbocycles. The van der Waals surface area contributed by atoms with Gasteiger partial charge in [0.25, 0.3) is 0 Å². The summed E-state index contributed by atoms with van der Waals surface area (Å²) in [5.41, 5.74) is 0. The van der Waals surface area contributed by atoms with E-state index in [-0.39, 0.29) is 12.5 Å². The van der Waals surface area contributed by atoms with Crippen molar-refractivity contribution in [2.24, 2.45) is 0 Å². The van der Waals surface area contributed by atoms with Gasteiger partial charge >= 0.3 is 0 Å². The van der Waals surface area contributed by atoms with Crippen LogP contribution in [0.25, 0.3) is 0 Å². The smallest absolute Gasteiger partial charge is 0.220 e. The fourth-order valence-electron chi connectivity index (χ4n) is 4.09. The van der Waals surface area contributed by atoms with Crippen molar-refractivity contribution in [1.82, 2.24) is 5.32 Å². The molecule has 0 aliphatic rings. The lowest BCUT2D eigenvalue weighted by molar-refractivity contribution is -0.123. The number of allylic oxidation sites excluding steroid dienone is 9. The largest absolute Gasteiger partial charge is 0.394 e. The second-order valence-corrected chi connectivity index (χ2v) is 10.1. The second-order valence-electron chi connectivity index (χ2n) is 10.1. The number of aliphatic hydroxyl groups is 2. The van der Waals surface area contributed by atoms with Gasteiger partial charge in [-0.1, -0.05) is 120 Å². The molecule has 2 unspecified atom stereocenters. The number of unbranched alkanes of at least 4 members (excludes halogenated alkanes) is 11. The molecule has 3 N–H and O–H groups in total. The number of carbonyl (C=O) groups is 1. The van der Waals surface area contributed by atoms with Crippen molar-refractivity contribution in [2.45, 2.75) is 142 Å². The molecule has 0 aromatic rings. The quantitative estimate of drug-likeness (QED) is 0.0775. The third kappa shape index (κ3) is 25.7. The van der Waals surface area contributed by atoms with Crippen molar-refractivity contribution in [2.75, 3.05) is 6.61 Å². The van der Waals surface area contributed by atoms with Crippen LogP contribution < -0.4 is 5.32 Å². The number of carbonyl (C=O) groups excluding carboxylic acids is 1. The molecule has 2 atom stereocenters. The maximum absolute atomic E-state index is 12.2. The lowest BCUT2D eigenvalue weighted by Crippen LogP contribution is -2.45. The fraction of sp³-hybridized carbons (Fsp3) is 0.676. The summed E-state index contributed by atoms with van der Waals surface area (Å²) < 4.78 is 0. The third-order valence-corrected chi connectivity index (χ3v) is 6.48. The molecule has 4 nitrogen and oxygen atoms in total. The molecule has 0 saturated heterocycles. The number of hydrogen-bond donors (Lipinski definition) is 3. The van der Waals surface area contributed by atoms with Crippen molar-refractivity contribution >= 4 is 5.91 Å². The molecule has 0 radical (unpaired) electrons. The van der Waals surface area contributed by atoms with Crippen LogP contribution in [0.3, 0.4) is 0 Å². The highest BCUT2D eigenvalue weighted by molar-refractivity contribution is 5.76. The SMILES string of the molecule is CC/C=C\C/C=C\C/C=C\CCCCCC(=O)NC(CO)C(O)/C=C/CC/C=C/CCCCCCCCC. The van der Waals surface area contributed by atoms with Gasteiger partial charge in [0.2, 0.25) is 5.91 Å². The summed E-state index contributed by atoms with van der Waals surface area (Å²) >= 11 is 0. The predicted octanol–water partition coefficient (Wildman–Crippen LogP) is 8.67.